The molecule has 88 valence electrons. The zero-order valence-electron chi connectivity index (χ0n) is 9.63. The fourth-order valence-electron chi connectivity index (χ4n) is 1.78. The molecule has 0 aliphatic carbocycles. The van der Waals surface area contributed by atoms with Gasteiger partial charge < -0.3 is 4.57 Å². The van der Waals surface area contributed by atoms with Crippen LogP contribution in [0.1, 0.15) is 28.9 Å². The third kappa shape index (κ3) is 2.37. The summed E-state index contributed by atoms with van der Waals surface area (Å²) in [6.45, 7) is 2.08. The minimum atomic E-state index is -0.274. The fraction of sp³-hybridized carbons (Fsp3) is 0.154. The minimum Gasteiger partial charge on any atom is -0.346 e. The highest BCUT2D eigenvalue weighted by Crippen LogP contribution is 2.18. The van der Waals surface area contributed by atoms with Crippen LogP contribution in [0.15, 0.2) is 48.8 Å². The van der Waals surface area contributed by atoms with Crippen LogP contribution < -0.4 is 11.3 Å². The molecule has 17 heavy (non-hydrogen) atoms. The fourth-order valence-corrected chi connectivity index (χ4v) is 1.78. The van der Waals surface area contributed by atoms with E-state index in [0.29, 0.717) is 5.56 Å². The van der Waals surface area contributed by atoms with E-state index in [9.17, 15) is 4.79 Å². The normalized spacial score (nSPS) is 12.1. The number of nitrogens with one attached hydrogen (secondary N) is 1. The molecule has 0 bridgehead atoms. The highest BCUT2D eigenvalue weighted by Gasteiger charge is 2.10. The van der Waals surface area contributed by atoms with Crippen LogP contribution in [0.4, 0.5) is 0 Å². The second-order valence-corrected chi connectivity index (χ2v) is 3.91. The smallest absolute Gasteiger partial charge is 0.266 e. The van der Waals surface area contributed by atoms with E-state index in [4.69, 9.17) is 5.84 Å². The van der Waals surface area contributed by atoms with Gasteiger partial charge in [-0.1, -0.05) is 30.3 Å². The van der Waals surface area contributed by atoms with Crippen molar-refractivity contribution in [2.75, 3.05) is 0 Å². The molecule has 0 spiro atoms. The van der Waals surface area contributed by atoms with Gasteiger partial charge in [-0.3, -0.25) is 10.2 Å². The number of carbonyl (C=O) groups excluding carboxylic acids is 1. The van der Waals surface area contributed by atoms with Crippen molar-refractivity contribution in [1.82, 2.24) is 9.99 Å². The Labute approximate surface area is 100 Å². The Morgan fingerprint density at radius 2 is 2.00 bits per heavy atom. The summed E-state index contributed by atoms with van der Waals surface area (Å²) in [6, 6.07) is 12.1. The van der Waals surface area contributed by atoms with Crippen molar-refractivity contribution in [3.8, 4) is 0 Å². The molecule has 4 heteroatoms. The number of carbonyl (C=O) groups is 1. The molecule has 1 aromatic heterocycles. The van der Waals surface area contributed by atoms with Gasteiger partial charge in [0.25, 0.3) is 5.91 Å². The number of hydrogen-bond acceptors (Lipinski definition) is 2. The first-order valence-electron chi connectivity index (χ1n) is 5.45. The molecule has 3 N–H and O–H groups in total. The van der Waals surface area contributed by atoms with Gasteiger partial charge in [0.05, 0.1) is 11.6 Å². The standard InChI is InChI=1S/C13H15N3O/c1-10(11-5-3-2-4-6-11)16-8-7-12(9-16)13(17)15-14/h2-10H,14H2,1H3,(H,15,17). The van der Waals surface area contributed by atoms with Gasteiger partial charge in [-0.2, -0.15) is 0 Å². The second-order valence-electron chi connectivity index (χ2n) is 3.91. The predicted molar refractivity (Wildman–Crippen MR) is 66.3 cm³/mol. The van der Waals surface area contributed by atoms with Gasteiger partial charge in [-0.15, -0.1) is 0 Å². The number of nitrogens with two attached hydrogens (primary N) is 1. The SMILES string of the molecule is CC(c1ccccc1)n1ccc(C(=O)NN)c1. The highest BCUT2D eigenvalue weighted by atomic mass is 16.2. The number of aromatic nitrogens is 1. The van der Waals surface area contributed by atoms with E-state index < -0.39 is 0 Å². The van der Waals surface area contributed by atoms with Gasteiger partial charge in [-0.25, -0.2) is 5.84 Å². The van der Waals surface area contributed by atoms with Gasteiger partial charge in [0.15, 0.2) is 0 Å². The first-order valence-corrected chi connectivity index (χ1v) is 5.45. The van der Waals surface area contributed by atoms with Gasteiger partial charge in [0, 0.05) is 12.4 Å². The molecule has 2 aromatic rings. The average molecular weight is 229 g/mol. The van der Waals surface area contributed by atoms with E-state index in [0.717, 1.165) is 0 Å². The molecule has 0 aliphatic rings. The number of nitrogen functional groups attached to an aromatic ring is 1. The lowest BCUT2D eigenvalue weighted by Gasteiger charge is -2.13. The van der Waals surface area contributed by atoms with Crippen LogP contribution in [0.2, 0.25) is 0 Å². The largest absolute Gasteiger partial charge is 0.346 e. The second kappa shape index (κ2) is 4.84. The summed E-state index contributed by atoms with van der Waals surface area (Å²) >= 11 is 0. The first-order chi connectivity index (χ1) is 8.22. The summed E-state index contributed by atoms with van der Waals surface area (Å²) in [5.74, 6) is 4.82. The topological polar surface area (TPSA) is 60.0 Å². The first kappa shape index (κ1) is 11.4. The molecule has 0 saturated carbocycles. The molecule has 1 amide bonds. The zero-order valence-corrected chi connectivity index (χ0v) is 9.63. The van der Waals surface area contributed by atoms with Crippen LogP contribution in [0.3, 0.4) is 0 Å². The highest BCUT2D eigenvalue weighted by molar-refractivity contribution is 5.93. The summed E-state index contributed by atoms with van der Waals surface area (Å²) < 4.78 is 1.99. The summed E-state index contributed by atoms with van der Waals surface area (Å²) in [5.41, 5.74) is 3.88. The van der Waals surface area contributed by atoms with Crippen molar-refractivity contribution in [3.05, 3.63) is 59.9 Å². The molecule has 1 heterocycles. The van der Waals surface area contributed by atoms with Crippen LogP contribution in [0, 0.1) is 0 Å². The molecule has 1 atom stereocenters. The lowest BCUT2D eigenvalue weighted by Crippen LogP contribution is -2.29. The van der Waals surface area contributed by atoms with Gasteiger partial charge in [-0.05, 0) is 18.6 Å². The summed E-state index contributed by atoms with van der Waals surface area (Å²) in [5, 5.41) is 0. The molecule has 0 saturated heterocycles. The maximum absolute atomic E-state index is 11.3. The van der Waals surface area contributed by atoms with Crippen LogP contribution in [-0.2, 0) is 0 Å². The van der Waals surface area contributed by atoms with Crippen molar-refractivity contribution in [2.45, 2.75) is 13.0 Å². The van der Waals surface area contributed by atoms with E-state index in [-0.39, 0.29) is 11.9 Å². The van der Waals surface area contributed by atoms with Gasteiger partial charge in [0.1, 0.15) is 0 Å². The molecule has 4 nitrogen and oxygen atoms in total. The van der Waals surface area contributed by atoms with Crippen molar-refractivity contribution < 1.29 is 4.79 Å². The van der Waals surface area contributed by atoms with E-state index in [1.54, 1.807) is 12.3 Å². The summed E-state index contributed by atoms with van der Waals surface area (Å²) in [7, 11) is 0. The molecule has 1 unspecified atom stereocenters. The number of amides is 1. The minimum absolute atomic E-state index is 0.190. The average Bonchev–Trinajstić information content (AvgIpc) is 2.87. The Morgan fingerprint density at radius 3 is 2.65 bits per heavy atom. The molecule has 2 rings (SSSR count). The quantitative estimate of drug-likeness (QED) is 0.478. The Balaban J connectivity index is 2.23. The Kier molecular flexibility index (Phi) is 3.25. The third-order valence-corrected chi connectivity index (χ3v) is 2.84. The Hall–Kier alpha value is -2.07. The van der Waals surface area contributed by atoms with Crippen LogP contribution in [0.25, 0.3) is 0 Å². The van der Waals surface area contributed by atoms with E-state index in [2.05, 4.69) is 24.5 Å². The Morgan fingerprint density at radius 1 is 1.29 bits per heavy atom. The zero-order chi connectivity index (χ0) is 12.3. The summed E-state index contributed by atoms with van der Waals surface area (Å²) in [6.07, 6.45) is 3.67. The molecule has 1 aromatic carbocycles. The number of benzene rings is 1. The summed E-state index contributed by atoms with van der Waals surface area (Å²) in [4.78, 5) is 11.3. The number of rotatable bonds is 3. The van der Waals surface area contributed by atoms with Crippen LogP contribution in [-0.4, -0.2) is 10.5 Å². The predicted octanol–water partition coefficient (Wildman–Crippen LogP) is 1.70. The van der Waals surface area contributed by atoms with Gasteiger partial charge in [0.2, 0.25) is 0 Å². The number of nitrogens with zero attached hydrogens (tertiary/aromatic N) is 1. The van der Waals surface area contributed by atoms with E-state index >= 15 is 0 Å². The molecule has 0 radical (unpaired) electrons. The lowest BCUT2D eigenvalue weighted by molar-refractivity contribution is 0.0953. The van der Waals surface area contributed by atoms with Crippen molar-refractivity contribution in [3.63, 3.8) is 0 Å². The monoisotopic (exact) mass is 229 g/mol. The van der Waals surface area contributed by atoms with Crippen molar-refractivity contribution in [1.29, 1.82) is 0 Å². The maximum Gasteiger partial charge on any atom is 0.266 e. The van der Waals surface area contributed by atoms with Crippen molar-refractivity contribution >= 4 is 5.91 Å². The van der Waals surface area contributed by atoms with E-state index in [1.807, 2.05) is 29.0 Å². The van der Waals surface area contributed by atoms with Crippen molar-refractivity contribution in [2.24, 2.45) is 5.84 Å². The van der Waals surface area contributed by atoms with Crippen LogP contribution in [0.5, 0.6) is 0 Å². The molecule has 0 fully saturated rings. The Bertz CT molecular complexity index is 504. The van der Waals surface area contributed by atoms with Crippen LogP contribution >= 0.6 is 0 Å². The van der Waals surface area contributed by atoms with E-state index in [1.165, 1.54) is 5.56 Å². The number of hydrazine groups is 1. The molecular formula is C13H15N3O. The lowest BCUT2D eigenvalue weighted by atomic mass is 10.1. The maximum atomic E-state index is 11.3. The molecule has 0 aliphatic heterocycles. The molecular weight excluding hydrogens is 214 g/mol. The third-order valence-electron chi connectivity index (χ3n) is 2.84. The van der Waals surface area contributed by atoms with Gasteiger partial charge >= 0.3 is 0 Å². The number of hydrogen-bond donors (Lipinski definition) is 2.